The molecule has 1 fully saturated rings. The summed E-state index contributed by atoms with van der Waals surface area (Å²) >= 11 is 6.39. The van der Waals surface area contributed by atoms with Crippen molar-refractivity contribution in [1.82, 2.24) is 4.90 Å². The van der Waals surface area contributed by atoms with E-state index < -0.39 is 17.9 Å². The van der Waals surface area contributed by atoms with Crippen LogP contribution in [0, 0.1) is 0 Å². The van der Waals surface area contributed by atoms with Gasteiger partial charge in [0, 0.05) is 0 Å². The summed E-state index contributed by atoms with van der Waals surface area (Å²) in [7, 11) is 0. The smallest absolute Gasteiger partial charge is 0.331 e. The molecule has 0 unspecified atom stereocenters. The molecule has 1 N–H and O–H groups in total. The second-order valence-electron chi connectivity index (χ2n) is 5.82. The second-order valence-corrected chi connectivity index (χ2v) is 7.49. The number of carbonyl (C=O) groups excluding carboxylic acids is 1. The van der Waals surface area contributed by atoms with Crippen LogP contribution in [0.1, 0.15) is 17.2 Å². The van der Waals surface area contributed by atoms with Crippen molar-refractivity contribution in [3.8, 4) is 11.5 Å². The summed E-state index contributed by atoms with van der Waals surface area (Å²) < 4.78 is 10.8. The first-order chi connectivity index (χ1) is 13.0. The minimum Gasteiger partial charge on any atom is -0.479 e. The van der Waals surface area contributed by atoms with E-state index in [0.717, 1.165) is 22.2 Å². The lowest BCUT2D eigenvalue weighted by atomic mass is 10.1. The predicted molar refractivity (Wildman–Crippen MR) is 104 cm³/mol. The Bertz CT molecular complexity index is 973. The van der Waals surface area contributed by atoms with Crippen LogP contribution in [-0.4, -0.2) is 33.0 Å². The maximum atomic E-state index is 12.9. The van der Waals surface area contributed by atoms with E-state index in [1.165, 1.54) is 0 Å². The van der Waals surface area contributed by atoms with E-state index in [-0.39, 0.29) is 11.1 Å². The third-order valence-corrected chi connectivity index (χ3v) is 5.46. The molecule has 2 aliphatic rings. The number of carboxylic acids is 1. The Morgan fingerprint density at radius 3 is 2.67 bits per heavy atom. The van der Waals surface area contributed by atoms with Gasteiger partial charge >= 0.3 is 5.97 Å². The van der Waals surface area contributed by atoms with Crippen LogP contribution in [0.3, 0.4) is 0 Å². The van der Waals surface area contributed by atoms with Crippen molar-refractivity contribution in [3.05, 3.63) is 64.6 Å². The maximum Gasteiger partial charge on any atom is 0.331 e. The molecule has 0 bridgehead atoms. The fourth-order valence-electron chi connectivity index (χ4n) is 2.89. The maximum absolute atomic E-state index is 12.9. The van der Waals surface area contributed by atoms with Gasteiger partial charge in [-0.25, -0.2) is 4.79 Å². The van der Waals surface area contributed by atoms with E-state index in [1.807, 2.05) is 0 Å². The number of fused-ring (bicyclic) bond motifs is 1. The first kappa shape index (κ1) is 17.6. The molecule has 1 atom stereocenters. The standard InChI is InChI=1S/C19H13NO5S2/c21-17-15(9-11-6-7-13-14(8-11)25-10-24-13)27-19(26)20(17)16(18(22)23)12-4-2-1-3-5-12/h1-9,16H,10H2,(H,22,23)/b15-9-/t16-/m0/s1. The van der Waals surface area contributed by atoms with Gasteiger partial charge in [-0.2, -0.15) is 0 Å². The van der Waals surface area contributed by atoms with Gasteiger partial charge in [-0.3, -0.25) is 9.69 Å². The van der Waals surface area contributed by atoms with Crippen molar-refractivity contribution in [2.24, 2.45) is 0 Å². The molecule has 8 heteroatoms. The number of thioether (sulfide) groups is 1. The molecule has 0 radical (unpaired) electrons. The van der Waals surface area contributed by atoms with Crippen molar-refractivity contribution < 1.29 is 24.2 Å². The molecule has 1 amide bonds. The lowest BCUT2D eigenvalue weighted by Gasteiger charge is -2.23. The molecule has 2 aromatic rings. The zero-order valence-electron chi connectivity index (χ0n) is 13.8. The molecule has 6 nitrogen and oxygen atoms in total. The van der Waals surface area contributed by atoms with Crippen LogP contribution in [0.15, 0.2) is 53.4 Å². The summed E-state index contributed by atoms with van der Waals surface area (Å²) in [5.74, 6) is -0.317. The minimum atomic E-state index is -1.17. The fraction of sp³-hybridized carbons (Fsp3) is 0.105. The molecule has 1 saturated heterocycles. The average Bonchev–Trinajstić information content (AvgIpc) is 3.22. The zero-order valence-corrected chi connectivity index (χ0v) is 15.5. The Morgan fingerprint density at radius 1 is 1.19 bits per heavy atom. The van der Waals surface area contributed by atoms with Crippen molar-refractivity contribution in [3.63, 3.8) is 0 Å². The number of hydrogen-bond acceptors (Lipinski definition) is 6. The van der Waals surface area contributed by atoms with E-state index >= 15 is 0 Å². The Kier molecular flexibility index (Phi) is 4.59. The molecule has 2 heterocycles. The molecule has 2 aliphatic heterocycles. The van der Waals surface area contributed by atoms with Gasteiger partial charge in [0.15, 0.2) is 17.5 Å². The number of carboxylic acid groups (broad SMARTS) is 1. The lowest BCUT2D eigenvalue weighted by molar-refractivity contribution is -0.145. The molecular formula is C19H13NO5S2. The van der Waals surface area contributed by atoms with E-state index in [2.05, 4.69) is 0 Å². The van der Waals surface area contributed by atoms with E-state index in [1.54, 1.807) is 54.6 Å². The topological polar surface area (TPSA) is 76.1 Å². The number of carbonyl (C=O) groups is 2. The van der Waals surface area contributed by atoms with Crippen molar-refractivity contribution >= 4 is 46.3 Å². The summed E-state index contributed by atoms with van der Waals surface area (Å²) in [4.78, 5) is 26.3. The molecule has 136 valence electrons. The van der Waals surface area contributed by atoms with Crippen LogP contribution in [-0.2, 0) is 9.59 Å². The molecule has 2 aromatic carbocycles. The van der Waals surface area contributed by atoms with Crippen LogP contribution in [0.25, 0.3) is 6.08 Å². The molecule has 0 spiro atoms. The van der Waals surface area contributed by atoms with E-state index in [0.29, 0.717) is 22.0 Å². The first-order valence-corrected chi connectivity index (χ1v) is 9.21. The quantitative estimate of drug-likeness (QED) is 0.623. The number of rotatable bonds is 4. The van der Waals surface area contributed by atoms with Crippen LogP contribution >= 0.6 is 24.0 Å². The predicted octanol–water partition coefficient (Wildman–Crippen LogP) is 3.44. The Balaban J connectivity index is 1.66. The molecule has 0 aliphatic carbocycles. The van der Waals surface area contributed by atoms with Gasteiger partial charge < -0.3 is 14.6 Å². The second kappa shape index (κ2) is 7.05. The monoisotopic (exact) mass is 399 g/mol. The highest BCUT2D eigenvalue weighted by Crippen LogP contribution is 2.39. The van der Waals surface area contributed by atoms with Crippen LogP contribution in [0.4, 0.5) is 0 Å². The van der Waals surface area contributed by atoms with E-state index in [9.17, 15) is 14.7 Å². The number of nitrogens with zero attached hydrogens (tertiary/aromatic N) is 1. The number of aliphatic carboxylic acids is 1. The summed E-state index contributed by atoms with van der Waals surface area (Å²) in [6.45, 7) is 0.165. The molecule has 4 rings (SSSR count). The summed E-state index contributed by atoms with van der Waals surface area (Å²) in [5, 5.41) is 9.69. The molecule has 0 saturated carbocycles. The van der Waals surface area contributed by atoms with Crippen molar-refractivity contribution in [2.45, 2.75) is 6.04 Å². The number of amides is 1. The van der Waals surface area contributed by atoms with Crippen LogP contribution in [0.5, 0.6) is 11.5 Å². The summed E-state index contributed by atoms with van der Waals surface area (Å²) in [6.07, 6.45) is 1.67. The Hall–Kier alpha value is -2.84. The average molecular weight is 399 g/mol. The lowest BCUT2D eigenvalue weighted by Crippen LogP contribution is -2.37. The number of benzene rings is 2. The molecular weight excluding hydrogens is 386 g/mol. The van der Waals surface area contributed by atoms with Crippen molar-refractivity contribution in [2.75, 3.05) is 6.79 Å². The number of ether oxygens (including phenoxy) is 2. The number of hydrogen-bond donors (Lipinski definition) is 1. The Labute approximate surface area is 164 Å². The van der Waals surface area contributed by atoms with Gasteiger partial charge in [0.2, 0.25) is 6.79 Å². The largest absolute Gasteiger partial charge is 0.479 e. The number of thiocarbonyl (C=S) groups is 1. The van der Waals surface area contributed by atoms with Gasteiger partial charge in [0.1, 0.15) is 4.32 Å². The third-order valence-electron chi connectivity index (χ3n) is 4.13. The highest BCUT2D eigenvalue weighted by molar-refractivity contribution is 8.26. The zero-order chi connectivity index (χ0) is 19.0. The Morgan fingerprint density at radius 2 is 1.93 bits per heavy atom. The fourth-order valence-corrected chi connectivity index (χ4v) is 4.21. The van der Waals surface area contributed by atoms with Crippen LogP contribution < -0.4 is 9.47 Å². The molecule has 0 aromatic heterocycles. The van der Waals surface area contributed by atoms with Gasteiger partial charge in [0.05, 0.1) is 4.91 Å². The minimum absolute atomic E-state index is 0.165. The van der Waals surface area contributed by atoms with Crippen molar-refractivity contribution in [1.29, 1.82) is 0 Å². The third kappa shape index (κ3) is 3.29. The first-order valence-electron chi connectivity index (χ1n) is 7.99. The van der Waals surface area contributed by atoms with Gasteiger partial charge in [-0.1, -0.05) is 60.4 Å². The summed E-state index contributed by atoms with van der Waals surface area (Å²) in [5.41, 5.74) is 1.23. The summed E-state index contributed by atoms with van der Waals surface area (Å²) in [6, 6.07) is 12.7. The van der Waals surface area contributed by atoms with Crippen LogP contribution in [0.2, 0.25) is 0 Å². The van der Waals surface area contributed by atoms with Gasteiger partial charge in [-0.05, 0) is 29.3 Å². The highest BCUT2D eigenvalue weighted by Gasteiger charge is 2.41. The normalized spacial score (nSPS) is 18.2. The van der Waals surface area contributed by atoms with Gasteiger partial charge in [-0.15, -0.1) is 0 Å². The van der Waals surface area contributed by atoms with E-state index in [4.69, 9.17) is 21.7 Å². The SMILES string of the molecule is O=C(O)[C@H](c1ccccc1)N1C(=O)/C(=C/c2ccc3c(c2)OCO3)SC1=S. The van der Waals surface area contributed by atoms with Gasteiger partial charge in [0.25, 0.3) is 5.91 Å². The molecule has 27 heavy (non-hydrogen) atoms. The highest BCUT2D eigenvalue weighted by atomic mass is 32.2.